The summed E-state index contributed by atoms with van der Waals surface area (Å²) in [5, 5.41) is 3.32. The highest BCUT2D eigenvalue weighted by atomic mass is 79.9. The van der Waals surface area contributed by atoms with Crippen molar-refractivity contribution in [3.05, 3.63) is 32.7 Å². The summed E-state index contributed by atoms with van der Waals surface area (Å²) in [5.74, 6) is 2.68. The van der Waals surface area contributed by atoms with E-state index < -0.39 is 0 Å². The minimum atomic E-state index is 0.357. The topological polar surface area (TPSA) is 12.0 Å². The molecule has 1 aromatic carbocycles. The molecule has 1 aromatic rings. The molecule has 3 heteroatoms. The third kappa shape index (κ3) is 3.93. The number of hydrogen-bond donors (Lipinski definition) is 1. The molecule has 0 saturated carbocycles. The molecule has 0 saturated heterocycles. The Morgan fingerprint density at radius 2 is 2.19 bits per heavy atom. The number of rotatable bonds is 5. The van der Waals surface area contributed by atoms with Crippen LogP contribution in [0.5, 0.6) is 0 Å². The number of hydrogen-bond acceptors (Lipinski definition) is 1. The van der Waals surface area contributed by atoms with Crippen LogP contribution in [-0.2, 0) is 0 Å². The Kier molecular flexibility index (Phi) is 6.12. The van der Waals surface area contributed by atoms with E-state index in [1.165, 1.54) is 5.56 Å². The van der Waals surface area contributed by atoms with Crippen LogP contribution in [0.1, 0.15) is 30.9 Å². The molecule has 1 N–H and O–H groups in total. The second-order valence-electron chi connectivity index (χ2n) is 3.60. The summed E-state index contributed by atoms with van der Waals surface area (Å²) < 4.78 is 2.21. The molecule has 1 unspecified atom stereocenters. The first-order chi connectivity index (χ1) is 7.69. The molecular weight excluding hydrogens is 330 g/mol. The van der Waals surface area contributed by atoms with Gasteiger partial charge in [0, 0.05) is 21.4 Å². The largest absolute Gasteiger partial charge is 0.313 e. The number of terminal acetylenes is 1. The van der Waals surface area contributed by atoms with Gasteiger partial charge in [-0.25, -0.2) is 0 Å². The highest BCUT2D eigenvalue weighted by Gasteiger charge is 2.11. The van der Waals surface area contributed by atoms with Gasteiger partial charge >= 0.3 is 0 Å². The molecule has 0 aliphatic heterocycles. The van der Waals surface area contributed by atoms with Crippen LogP contribution in [0.4, 0.5) is 0 Å². The summed E-state index contributed by atoms with van der Waals surface area (Å²) >= 11 is 7.04. The fraction of sp³-hybridized carbons (Fsp3) is 0.385. The Bertz CT molecular complexity index is 382. The van der Waals surface area contributed by atoms with Gasteiger partial charge in [-0.2, -0.15) is 0 Å². The van der Waals surface area contributed by atoms with Crippen LogP contribution in [0, 0.1) is 12.3 Å². The Hall–Kier alpha value is -0.300. The molecule has 0 bridgehead atoms. The Morgan fingerprint density at radius 1 is 1.44 bits per heavy atom. The van der Waals surface area contributed by atoms with Crippen molar-refractivity contribution in [3.8, 4) is 12.3 Å². The first kappa shape index (κ1) is 13.8. The molecule has 1 atom stereocenters. The summed E-state index contributed by atoms with van der Waals surface area (Å²) in [6, 6.07) is 6.62. The molecule has 0 aliphatic rings. The van der Waals surface area contributed by atoms with Crippen molar-refractivity contribution in [3.63, 3.8) is 0 Å². The zero-order valence-electron chi connectivity index (χ0n) is 9.26. The van der Waals surface area contributed by atoms with Gasteiger partial charge in [0.05, 0.1) is 0 Å². The Morgan fingerprint density at radius 3 is 2.75 bits per heavy atom. The van der Waals surface area contributed by atoms with Gasteiger partial charge in [0.15, 0.2) is 0 Å². The third-order valence-electron chi connectivity index (χ3n) is 2.50. The fourth-order valence-electron chi connectivity index (χ4n) is 1.65. The van der Waals surface area contributed by atoms with Crippen LogP contribution in [0.15, 0.2) is 27.1 Å². The van der Waals surface area contributed by atoms with E-state index in [9.17, 15) is 0 Å². The van der Waals surface area contributed by atoms with Crippen molar-refractivity contribution in [2.45, 2.75) is 25.3 Å². The summed E-state index contributed by atoms with van der Waals surface area (Å²) in [6.45, 7) is 0. The lowest BCUT2D eigenvalue weighted by Gasteiger charge is -2.17. The molecule has 0 aromatic heterocycles. The molecule has 16 heavy (non-hydrogen) atoms. The zero-order chi connectivity index (χ0) is 12.0. The molecule has 1 nitrogen and oxygen atoms in total. The molecule has 0 fully saturated rings. The van der Waals surface area contributed by atoms with Crippen LogP contribution in [0.2, 0.25) is 0 Å². The van der Waals surface area contributed by atoms with Gasteiger partial charge < -0.3 is 5.32 Å². The van der Waals surface area contributed by atoms with Gasteiger partial charge in [0.1, 0.15) is 0 Å². The molecule has 0 heterocycles. The molecule has 86 valence electrons. The highest BCUT2D eigenvalue weighted by Crippen LogP contribution is 2.29. The lowest BCUT2D eigenvalue weighted by atomic mass is 10.0. The second kappa shape index (κ2) is 7.11. The van der Waals surface area contributed by atoms with Crippen molar-refractivity contribution in [1.82, 2.24) is 5.32 Å². The Labute approximate surface area is 114 Å². The van der Waals surface area contributed by atoms with E-state index >= 15 is 0 Å². The molecular formula is C13H15Br2N. The van der Waals surface area contributed by atoms with Crippen molar-refractivity contribution >= 4 is 31.9 Å². The van der Waals surface area contributed by atoms with Crippen molar-refractivity contribution in [2.24, 2.45) is 0 Å². The molecule has 0 spiro atoms. The first-order valence-corrected chi connectivity index (χ1v) is 6.83. The van der Waals surface area contributed by atoms with Gasteiger partial charge in [0.25, 0.3) is 0 Å². The SMILES string of the molecule is C#CCCCC(NC)c1ccc(Br)cc1Br. The van der Waals surface area contributed by atoms with Gasteiger partial charge in [-0.05, 0) is 37.6 Å². The zero-order valence-corrected chi connectivity index (χ0v) is 12.4. The van der Waals surface area contributed by atoms with Crippen molar-refractivity contribution in [2.75, 3.05) is 7.05 Å². The van der Waals surface area contributed by atoms with Crippen molar-refractivity contribution in [1.29, 1.82) is 0 Å². The standard InChI is InChI=1S/C13H15Br2N/c1-3-4-5-6-13(16-2)11-8-7-10(14)9-12(11)15/h1,7-9,13,16H,4-6H2,2H3. The maximum absolute atomic E-state index is 5.26. The summed E-state index contributed by atoms with van der Waals surface area (Å²) in [7, 11) is 1.98. The average molecular weight is 345 g/mol. The predicted octanol–water partition coefficient (Wildman–Crippen LogP) is 4.28. The number of benzene rings is 1. The fourth-order valence-corrected chi connectivity index (χ4v) is 2.97. The normalized spacial score (nSPS) is 12.1. The number of halogens is 2. The van der Waals surface area contributed by atoms with Gasteiger partial charge in [-0.1, -0.05) is 37.9 Å². The smallest absolute Gasteiger partial charge is 0.0329 e. The predicted molar refractivity (Wildman–Crippen MR) is 76.3 cm³/mol. The van der Waals surface area contributed by atoms with E-state index in [-0.39, 0.29) is 0 Å². The summed E-state index contributed by atoms with van der Waals surface area (Å²) in [5.41, 5.74) is 1.28. The van der Waals surface area contributed by atoms with Crippen LogP contribution < -0.4 is 5.32 Å². The third-order valence-corrected chi connectivity index (χ3v) is 3.68. The van der Waals surface area contributed by atoms with E-state index in [0.717, 1.165) is 28.2 Å². The van der Waals surface area contributed by atoms with E-state index in [1.54, 1.807) is 0 Å². The summed E-state index contributed by atoms with van der Waals surface area (Å²) in [6.07, 6.45) is 8.20. The van der Waals surface area contributed by atoms with Gasteiger partial charge in [-0.3, -0.25) is 0 Å². The lowest BCUT2D eigenvalue weighted by molar-refractivity contribution is 0.530. The highest BCUT2D eigenvalue weighted by molar-refractivity contribution is 9.11. The first-order valence-electron chi connectivity index (χ1n) is 5.24. The van der Waals surface area contributed by atoms with E-state index in [1.807, 2.05) is 7.05 Å². The van der Waals surface area contributed by atoms with Gasteiger partial charge in [-0.15, -0.1) is 12.3 Å². The monoisotopic (exact) mass is 343 g/mol. The molecule has 1 rings (SSSR count). The maximum Gasteiger partial charge on any atom is 0.0329 e. The second-order valence-corrected chi connectivity index (χ2v) is 5.37. The molecule has 0 aliphatic carbocycles. The molecule has 0 amide bonds. The van der Waals surface area contributed by atoms with E-state index in [0.29, 0.717) is 6.04 Å². The maximum atomic E-state index is 5.26. The minimum absolute atomic E-state index is 0.357. The van der Waals surface area contributed by atoms with Crippen LogP contribution in [0.25, 0.3) is 0 Å². The quantitative estimate of drug-likeness (QED) is 0.621. The van der Waals surface area contributed by atoms with Gasteiger partial charge in [0.2, 0.25) is 0 Å². The minimum Gasteiger partial charge on any atom is -0.313 e. The average Bonchev–Trinajstić information content (AvgIpc) is 2.26. The number of unbranched alkanes of at least 4 members (excludes halogenated alkanes) is 1. The van der Waals surface area contributed by atoms with E-state index in [2.05, 4.69) is 61.3 Å². The van der Waals surface area contributed by atoms with Crippen molar-refractivity contribution < 1.29 is 0 Å². The van der Waals surface area contributed by atoms with E-state index in [4.69, 9.17) is 6.42 Å². The lowest BCUT2D eigenvalue weighted by Crippen LogP contribution is -2.16. The number of nitrogens with one attached hydrogen (secondary N) is 1. The van der Waals surface area contributed by atoms with Crippen LogP contribution in [-0.4, -0.2) is 7.05 Å². The summed E-state index contributed by atoms with van der Waals surface area (Å²) in [4.78, 5) is 0. The Balaban J connectivity index is 2.75. The molecule has 0 radical (unpaired) electrons. The van der Waals surface area contributed by atoms with Crippen LogP contribution in [0.3, 0.4) is 0 Å². The van der Waals surface area contributed by atoms with Crippen LogP contribution >= 0.6 is 31.9 Å².